The van der Waals surface area contributed by atoms with Crippen molar-refractivity contribution in [3.8, 4) is 5.75 Å². The highest BCUT2D eigenvalue weighted by molar-refractivity contribution is 7.22. The number of halogens is 3. The van der Waals surface area contributed by atoms with Gasteiger partial charge in [0.15, 0.2) is 5.13 Å². The first-order chi connectivity index (χ1) is 14.8. The number of piperazine rings is 1. The van der Waals surface area contributed by atoms with E-state index in [9.17, 15) is 18.0 Å². The molecular weight excluding hydrogens is 429 g/mol. The molecule has 4 rings (SSSR count). The lowest BCUT2D eigenvalue weighted by atomic mass is 10.2. The number of methoxy groups -OCH3 is 1. The molecule has 2 amide bonds. The molecule has 0 bridgehead atoms. The van der Waals surface area contributed by atoms with Crippen LogP contribution in [-0.4, -0.2) is 49.2 Å². The minimum Gasteiger partial charge on any atom is -0.494 e. The molecule has 0 saturated carbocycles. The van der Waals surface area contributed by atoms with Crippen molar-refractivity contribution in [2.75, 3.05) is 43.5 Å². The molecule has 10 heteroatoms. The number of alkyl halides is 3. The Bertz CT molecular complexity index is 1090. The summed E-state index contributed by atoms with van der Waals surface area (Å²) in [5, 5.41) is 3.54. The summed E-state index contributed by atoms with van der Waals surface area (Å²) in [4.78, 5) is 21.0. The summed E-state index contributed by atoms with van der Waals surface area (Å²) in [5.74, 6) is 0.734. The molecule has 1 saturated heterocycles. The molecule has 0 aliphatic carbocycles. The van der Waals surface area contributed by atoms with Crippen LogP contribution in [0.3, 0.4) is 0 Å². The number of aromatic nitrogens is 1. The van der Waals surface area contributed by atoms with Gasteiger partial charge in [-0.2, -0.15) is 13.2 Å². The van der Waals surface area contributed by atoms with E-state index in [4.69, 9.17) is 9.72 Å². The first-order valence-corrected chi connectivity index (χ1v) is 10.5. The number of carbonyl (C=O) groups excluding carboxylic acids is 1. The van der Waals surface area contributed by atoms with Gasteiger partial charge in [-0.1, -0.05) is 17.4 Å². The monoisotopic (exact) mass is 450 g/mol. The standard InChI is InChI=1S/C21H21F3N4O2S/c1-13-3-8-16(30-2)17-18(13)31-20(26-17)28-11-9-27(10-12-28)19(29)25-15-6-4-14(5-7-15)21(22,23)24/h3-8H,9-12H2,1-2H3,(H,25,29). The molecule has 1 aromatic heterocycles. The fourth-order valence-corrected chi connectivity index (χ4v) is 4.55. The molecule has 2 aromatic carbocycles. The number of carbonyl (C=O) groups is 1. The van der Waals surface area contributed by atoms with E-state index in [0.29, 0.717) is 31.9 Å². The zero-order chi connectivity index (χ0) is 22.2. The molecule has 3 aromatic rings. The summed E-state index contributed by atoms with van der Waals surface area (Å²) < 4.78 is 44.5. The number of amides is 2. The highest BCUT2D eigenvalue weighted by Crippen LogP contribution is 2.36. The number of benzene rings is 2. The first kappa shape index (κ1) is 21.2. The molecule has 1 aliphatic rings. The summed E-state index contributed by atoms with van der Waals surface area (Å²) in [6, 6.07) is 8.01. The van der Waals surface area contributed by atoms with Crippen LogP contribution >= 0.6 is 11.3 Å². The Labute approximate surface area is 181 Å². The Hall–Kier alpha value is -3.01. The number of hydrogen-bond acceptors (Lipinski definition) is 5. The first-order valence-electron chi connectivity index (χ1n) is 9.68. The fourth-order valence-electron chi connectivity index (χ4n) is 3.44. The lowest BCUT2D eigenvalue weighted by molar-refractivity contribution is -0.137. The number of aryl methyl sites for hydroxylation is 1. The molecule has 0 radical (unpaired) electrons. The second-order valence-corrected chi connectivity index (χ2v) is 8.22. The van der Waals surface area contributed by atoms with Crippen molar-refractivity contribution >= 4 is 38.4 Å². The zero-order valence-electron chi connectivity index (χ0n) is 17.0. The number of hydrogen-bond donors (Lipinski definition) is 1. The van der Waals surface area contributed by atoms with Crippen LogP contribution in [0.1, 0.15) is 11.1 Å². The summed E-state index contributed by atoms with van der Waals surface area (Å²) in [7, 11) is 1.62. The van der Waals surface area contributed by atoms with Gasteiger partial charge in [0.1, 0.15) is 11.3 Å². The van der Waals surface area contributed by atoms with Crippen LogP contribution in [-0.2, 0) is 6.18 Å². The second kappa shape index (κ2) is 8.26. The van der Waals surface area contributed by atoms with Crippen molar-refractivity contribution in [1.82, 2.24) is 9.88 Å². The van der Waals surface area contributed by atoms with Crippen LogP contribution in [0.15, 0.2) is 36.4 Å². The van der Waals surface area contributed by atoms with Crippen LogP contribution < -0.4 is 15.0 Å². The third-order valence-corrected chi connectivity index (χ3v) is 6.46. The lowest BCUT2D eigenvalue weighted by Gasteiger charge is -2.34. The van der Waals surface area contributed by atoms with Gasteiger partial charge in [0.2, 0.25) is 0 Å². The average molecular weight is 450 g/mol. The van der Waals surface area contributed by atoms with E-state index >= 15 is 0 Å². The molecule has 164 valence electrons. The van der Waals surface area contributed by atoms with Gasteiger partial charge in [0, 0.05) is 31.9 Å². The predicted molar refractivity (Wildman–Crippen MR) is 115 cm³/mol. The Morgan fingerprint density at radius 3 is 2.39 bits per heavy atom. The number of nitrogens with zero attached hydrogens (tertiary/aromatic N) is 3. The molecule has 1 N–H and O–H groups in total. The third-order valence-electron chi connectivity index (χ3n) is 5.21. The number of nitrogens with one attached hydrogen (secondary N) is 1. The van der Waals surface area contributed by atoms with Gasteiger partial charge >= 0.3 is 12.2 Å². The average Bonchev–Trinajstić information content (AvgIpc) is 3.20. The van der Waals surface area contributed by atoms with Gasteiger partial charge < -0.3 is 19.9 Å². The second-order valence-electron chi connectivity index (χ2n) is 7.24. The molecule has 1 fully saturated rings. The van der Waals surface area contributed by atoms with Gasteiger partial charge in [-0.15, -0.1) is 0 Å². The van der Waals surface area contributed by atoms with Crippen LogP contribution in [0.25, 0.3) is 10.2 Å². The smallest absolute Gasteiger partial charge is 0.416 e. The van der Waals surface area contributed by atoms with E-state index in [1.807, 2.05) is 19.1 Å². The van der Waals surface area contributed by atoms with Gasteiger partial charge in [0.25, 0.3) is 0 Å². The molecule has 1 aliphatic heterocycles. The summed E-state index contributed by atoms with van der Waals surface area (Å²) in [6.07, 6.45) is -4.40. The Morgan fingerprint density at radius 1 is 1.10 bits per heavy atom. The molecular formula is C21H21F3N4O2S. The topological polar surface area (TPSA) is 57.7 Å². The SMILES string of the molecule is COc1ccc(C)c2sc(N3CCN(C(=O)Nc4ccc(C(F)(F)F)cc4)CC3)nc12. The Morgan fingerprint density at radius 2 is 1.77 bits per heavy atom. The van der Waals surface area contributed by atoms with E-state index in [-0.39, 0.29) is 6.03 Å². The number of fused-ring (bicyclic) bond motifs is 1. The van der Waals surface area contributed by atoms with Gasteiger partial charge in [-0.05, 0) is 42.8 Å². The van der Waals surface area contributed by atoms with Gasteiger partial charge in [-0.25, -0.2) is 9.78 Å². The maximum Gasteiger partial charge on any atom is 0.416 e. The normalized spacial score (nSPS) is 14.7. The molecule has 31 heavy (non-hydrogen) atoms. The van der Waals surface area contributed by atoms with E-state index in [1.54, 1.807) is 23.3 Å². The summed E-state index contributed by atoms with van der Waals surface area (Å²) >= 11 is 1.60. The summed E-state index contributed by atoms with van der Waals surface area (Å²) in [6.45, 7) is 4.23. The van der Waals surface area contributed by atoms with Crippen molar-refractivity contribution in [1.29, 1.82) is 0 Å². The van der Waals surface area contributed by atoms with Gasteiger partial charge in [-0.3, -0.25) is 0 Å². The van der Waals surface area contributed by atoms with E-state index in [1.165, 1.54) is 12.1 Å². The molecule has 6 nitrogen and oxygen atoms in total. The molecule has 0 spiro atoms. The number of urea groups is 1. The number of anilines is 2. The van der Waals surface area contributed by atoms with Crippen molar-refractivity contribution < 1.29 is 22.7 Å². The van der Waals surface area contributed by atoms with Crippen molar-refractivity contribution in [3.63, 3.8) is 0 Å². The maximum atomic E-state index is 12.7. The Kier molecular flexibility index (Phi) is 5.65. The Balaban J connectivity index is 1.39. The number of thiazole rings is 1. The highest BCUT2D eigenvalue weighted by atomic mass is 32.1. The third kappa shape index (κ3) is 4.39. The largest absolute Gasteiger partial charge is 0.494 e. The highest BCUT2D eigenvalue weighted by Gasteiger charge is 2.30. The van der Waals surface area contributed by atoms with Gasteiger partial charge in [0.05, 0.1) is 17.4 Å². The van der Waals surface area contributed by atoms with Crippen molar-refractivity contribution in [2.24, 2.45) is 0 Å². The molecule has 0 atom stereocenters. The molecule has 0 unspecified atom stereocenters. The zero-order valence-corrected chi connectivity index (χ0v) is 17.8. The van der Waals surface area contributed by atoms with Crippen molar-refractivity contribution in [3.05, 3.63) is 47.5 Å². The van der Waals surface area contributed by atoms with Crippen molar-refractivity contribution in [2.45, 2.75) is 13.1 Å². The lowest BCUT2D eigenvalue weighted by Crippen LogP contribution is -2.50. The van der Waals surface area contributed by atoms with Crippen LogP contribution in [0.5, 0.6) is 5.75 Å². The minimum atomic E-state index is -4.40. The van der Waals surface area contributed by atoms with E-state index in [0.717, 1.165) is 38.8 Å². The minimum absolute atomic E-state index is 0.328. The van der Waals surface area contributed by atoms with Crippen LogP contribution in [0, 0.1) is 6.92 Å². The summed E-state index contributed by atoms with van der Waals surface area (Å²) in [5.41, 5.74) is 1.55. The fraction of sp³-hybridized carbons (Fsp3) is 0.333. The van der Waals surface area contributed by atoms with E-state index in [2.05, 4.69) is 10.2 Å². The molecule has 2 heterocycles. The maximum absolute atomic E-state index is 12.7. The number of rotatable bonds is 3. The van der Waals surface area contributed by atoms with Crippen LogP contribution in [0.2, 0.25) is 0 Å². The predicted octanol–water partition coefficient (Wildman–Crippen LogP) is 4.99. The quantitative estimate of drug-likeness (QED) is 0.611. The number of ether oxygens (including phenoxy) is 1. The van der Waals surface area contributed by atoms with E-state index < -0.39 is 11.7 Å². The van der Waals surface area contributed by atoms with Crippen LogP contribution in [0.4, 0.5) is 28.8 Å².